The average Bonchev–Trinajstić information content (AvgIpc) is 2.86. The maximum Gasteiger partial charge on any atom is 0.320 e. The molecule has 122 valence electrons. The SMILES string of the molecule is CNCCCn1cc(S(=O)(=O)NCC(F)(F)C(F)F)cn1. The quantitative estimate of drug-likeness (QED) is 0.515. The molecule has 1 aromatic rings. The Morgan fingerprint density at radius 2 is 2.10 bits per heavy atom. The van der Waals surface area contributed by atoms with Gasteiger partial charge in [0.15, 0.2) is 0 Å². The fourth-order valence-corrected chi connectivity index (χ4v) is 2.37. The summed E-state index contributed by atoms with van der Waals surface area (Å²) in [7, 11) is -2.54. The van der Waals surface area contributed by atoms with Crippen molar-refractivity contribution in [1.29, 1.82) is 0 Å². The Balaban J connectivity index is 2.66. The lowest BCUT2D eigenvalue weighted by atomic mass is 10.4. The number of nitrogens with zero attached hydrogens (tertiary/aromatic N) is 2. The highest BCUT2D eigenvalue weighted by Crippen LogP contribution is 2.22. The first-order valence-corrected chi connectivity index (χ1v) is 7.50. The fourth-order valence-electron chi connectivity index (χ4n) is 1.38. The Morgan fingerprint density at radius 3 is 2.67 bits per heavy atom. The normalized spacial score (nSPS) is 13.0. The lowest BCUT2D eigenvalue weighted by molar-refractivity contribution is -0.122. The first-order chi connectivity index (χ1) is 9.69. The molecule has 0 saturated heterocycles. The van der Waals surface area contributed by atoms with Crippen molar-refractivity contribution in [2.75, 3.05) is 20.1 Å². The van der Waals surface area contributed by atoms with Crippen LogP contribution in [0.15, 0.2) is 17.3 Å². The molecular formula is C10H16F4N4O2S. The van der Waals surface area contributed by atoms with Crippen LogP contribution in [-0.4, -0.2) is 50.7 Å². The molecule has 0 atom stereocenters. The number of aryl methyl sites for hydroxylation is 1. The van der Waals surface area contributed by atoms with Gasteiger partial charge in [-0.2, -0.15) is 13.9 Å². The molecule has 0 saturated carbocycles. The predicted molar refractivity (Wildman–Crippen MR) is 66.9 cm³/mol. The number of rotatable bonds is 9. The Morgan fingerprint density at radius 1 is 1.43 bits per heavy atom. The largest absolute Gasteiger partial charge is 0.320 e. The van der Waals surface area contributed by atoms with Gasteiger partial charge in [0, 0.05) is 12.7 Å². The highest BCUT2D eigenvalue weighted by Gasteiger charge is 2.41. The molecule has 0 aliphatic heterocycles. The standard InChI is InChI=1S/C10H16F4N4O2S/c1-15-3-2-4-18-6-8(5-16-18)21(19,20)17-7-10(13,14)9(11)12/h5-6,9,15,17H,2-4,7H2,1H3. The molecule has 1 rings (SSSR count). The summed E-state index contributed by atoms with van der Waals surface area (Å²) in [4.78, 5) is -0.350. The van der Waals surface area contributed by atoms with Gasteiger partial charge in [-0.25, -0.2) is 21.9 Å². The third kappa shape index (κ3) is 5.25. The van der Waals surface area contributed by atoms with Crippen LogP contribution in [0, 0.1) is 0 Å². The van der Waals surface area contributed by atoms with Crippen molar-refractivity contribution in [3.63, 3.8) is 0 Å². The van der Waals surface area contributed by atoms with E-state index in [9.17, 15) is 26.0 Å². The van der Waals surface area contributed by atoms with E-state index in [4.69, 9.17) is 0 Å². The van der Waals surface area contributed by atoms with Gasteiger partial charge in [0.05, 0.1) is 12.7 Å². The second kappa shape index (κ2) is 7.18. The Hall–Kier alpha value is -1.20. The molecule has 0 bridgehead atoms. The molecule has 21 heavy (non-hydrogen) atoms. The molecule has 0 fully saturated rings. The van der Waals surface area contributed by atoms with Crippen LogP contribution in [0.3, 0.4) is 0 Å². The molecule has 0 aromatic carbocycles. The number of sulfonamides is 1. The van der Waals surface area contributed by atoms with E-state index in [-0.39, 0.29) is 4.90 Å². The van der Waals surface area contributed by atoms with Crippen molar-refractivity contribution in [3.8, 4) is 0 Å². The minimum absolute atomic E-state index is 0.350. The molecule has 2 N–H and O–H groups in total. The molecule has 0 radical (unpaired) electrons. The summed E-state index contributed by atoms with van der Waals surface area (Å²) >= 11 is 0. The summed E-state index contributed by atoms with van der Waals surface area (Å²) in [6.07, 6.45) is -1.13. The van der Waals surface area contributed by atoms with E-state index < -0.39 is 28.9 Å². The number of alkyl halides is 4. The second-order valence-electron chi connectivity index (χ2n) is 4.28. The Labute approximate surface area is 119 Å². The zero-order valence-electron chi connectivity index (χ0n) is 11.2. The molecule has 0 amide bonds. The molecule has 0 spiro atoms. The van der Waals surface area contributed by atoms with Crippen LogP contribution in [0.2, 0.25) is 0 Å². The first kappa shape index (κ1) is 17.9. The smallest absolute Gasteiger partial charge is 0.320 e. The Bertz CT molecular complexity index is 547. The number of halogens is 4. The summed E-state index contributed by atoms with van der Waals surface area (Å²) < 4.78 is 75.5. The Kier molecular flexibility index (Phi) is 6.10. The molecular weight excluding hydrogens is 316 g/mol. The van der Waals surface area contributed by atoms with E-state index in [0.29, 0.717) is 19.5 Å². The molecule has 0 unspecified atom stereocenters. The van der Waals surface area contributed by atoms with Crippen molar-refractivity contribution in [2.24, 2.45) is 0 Å². The van der Waals surface area contributed by atoms with Crippen LogP contribution in [0.4, 0.5) is 17.6 Å². The van der Waals surface area contributed by atoms with E-state index in [1.165, 1.54) is 9.40 Å². The average molecular weight is 332 g/mol. The molecule has 0 aliphatic carbocycles. The lowest BCUT2D eigenvalue weighted by Crippen LogP contribution is -2.41. The van der Waals surface area contributed by atoms with Crippen LogP contribution in [-0.2, 0) is 16.6 Å². The molecule has 11 heteroatoms. The maximum atomic E-state index is 12.7. The van der Waals surface area contributed by atoms with E-state index in [1.807, 2.05) is 0 Å². The van der Waals surface area contributed by atoms with Gasteiger partial charge in [-0.3, -0.25) is 4.68 Å². The van der Waals surface area contributed by atoms with Crippen molar-refractivity contribution >= 4 is 10.0 Å². The summed E-state index contributed by atoms with van der Waals surface area (Å²) in [6.45, 7) is -0.539. The third-order valence-electron chi connectivity index (χ3n) is 2.55. The van der Waals surface area contributed by atoms with Crippen molar-refractivity contribution < 1.29 is 26.0 Å². The number of hydrogen-bond donors (Lipinski definition) is 2. The maximum absolute atomic E-state index is 12.7. The lowest BCUT2D eigenvalue weighted by Gasteiger charge is -2.15. The van der Waals surface area contributed by atoms with Gasteiger partial charge in [-0.15, -0.1) is 0 Å². The van der Waals surface area contributed by atoms with Crippen LogP contribution in [0.5, 0.6) is 0 Å². The second-order valence-corrected chi connectivity index (χ2v) is 6.05. The van der Waals surface area contributed by atoms with Gasteiger partial charge >= 0.3 is 12.3 Å². The summed E-state index contributed by atoms with van der Waals surface area (Å²) in [6, 6.07) is 0. The van der Waals surface area contributed by atoms with Gasteiger partial charge in [-0.1, -0.05) is 0 Å². The van der Waals surface area contributed by atoms with Crippen molar-refractivity contribution in [2.45, 2.75) is 30.2 Å². The van der Waals surface area contributed by atoms with Crippen molar-refractivity contribution in [3.05, 3.63) is 12.4 Å². The number of nitrogens with one attached hydrogen (secondary N) is 2. The zero-order chi connectivity index (χ0) is 16.1. The molecule has 1 aromatic heterocycles. The molecule has 1 heterocycles. The molecule has 6 nitrogen and oxygen atoms in total. The number of hydrogen-bond acceptors (Lipinski definition) is 4. The van der Waals surface area contributed by atoms with Gasteiger partial charge < -0.3 is 5.32 Å². The first-order valence-electron chi connectivity index (χ1n) is 6.02. The van der Waals surface area contributed by atoms with Crippen LogP contribution in [0.25, 0.3) is 0 Å². The summed E-state index contributed by atoms with van der Waals surface area (Å²) in [5.74, 6) is -4.42. The predicted octanol–water partition coefficient (Wildman–Crippen LogP) is 0.671. The zero-order valence-corrected chi connectivity index (χ0v) is 12.0. The van der Waals surface area contributed by atoms with Crippen molar-refractivity contribution in [1.82, 2.24) is 19.8 Å². The van der Waals surface area contributed by atoms with E-state index in [1.54, 1.807) is 7.05 Å². The van der Waals surface area contributed by atoms with Crippen LogP contribution >= 0.6 is 0 Å². The van der Waals surface area contributed by atoms with Gasteiger partial charge in [0.2, 0.25) is 10.0 Å². The summed E-state index contributed by atoms with van der Waals surface area (Å²) in [5, 5.41) is 6.66. The summed E-state index contributed by atoms with van der Waals surface area (Å²) in [5.41, 5.74) is 0. The van der Waals surface area contributed by atoms with E-state index in [2.05, 4.69) is 10.4 Å². The highest BCUT2D eigenvalue weighted by molar-refractivity contribution is 7.89. The van der Waals surface area contributed by atoms with Crippen LogP contribution in [0.1, 0.15) is 6.42 Å². The molecule has 0 aliphatic rings. The van der Waals surface area contributed by atoms with Gasteiger partial charge in [0.25, 0.3) is 0 Å². The van der Waals surface area contributed by atoms with E-state index in [0.717, 1.165) is 12.4 Å². The van der Waals surface area contributed by atoms with Gasteiger partial charge in [-0.05, 0) is 20.0 Å². The minimum Gasteiger partial charge on any atom is -0.320 e. The highest BCUT2D eigenvalue weighted by atomic mass is 32.2. The topological polar surface area (TPSA) is 76.0 Å². The monoisotopic (exact) mass is 332 g/mol. The fraction of sp³-hybridized carbons (Fsp3) is 0.700. The van der Waals surface area contributed by atoms with Gasteiger partial charge in [0.1, 0.15) is 4.90 Å². The minimum atomic E-state index is -4.42. The van der Waals surface area contributed by atoms with Crippen LogP contribution < -0.4 is 10.0 Å². The number of aromatic nitrogens is 2. The van der Waals surface area contributed by atoms with E-state index >= 15 is 0 Å². The third-order valence-corrected chi connectivity index (χ3v) is 3.91.